The van der Waals surface area contributed by atoms with Gasteiger partial charge in [0.15, 0.2) is 0 Å². The molecule has 0 aliphatic carbocycles. The van der Waals surface area contributed by atoms with Gasteiger partial charge < -0.3 is 10.4 Å². The van der Waals surface area contributed by atoms with Crippen LogP contribution in [0.15, 0.2) is 91.0 Å². The number of aliphatic hydroxyl groups is 1. The molecule has 4 rings (SSSR count). The lowest BCUT2D eigenvalue weighted by Gasteiger charge is -2.34. The SMILES string of the molecule is O=CN(OCc1ccccc1)C(Cc1ccccc1)C(O)CN1CCC[C@H]1C(=O)Nc1ccccc1. The van der Waals surface area contributed by atoms with E-state index in [4.69, 9.17) is 4.84 Å². The number of hydrogen-bond donors (Lipinski definition) is 2. The van der Waals surface area contributed by atoms with Crippen LogP contribution in [0.2, 0.25) is 0 Å². The molecule has 1 aliphatic heterocycles. The van der Waals surface area contributed by atoms with Gasteiger partial charge in [0, 0.05) is 12.2 Å². The van der Waals surface area contributed by atoms with Gasteiger partial charge in [-0.05, 0) is 49.1 Å². The number of carbonyl (C=O) groups is 2. The Balaban J connectivity index is 1.45. The maximum absolute atomic E-state index is 13.0. The molecular weight excluding hydrogens is 454 g/mol. The normalized spacial score (nSPS) is 17.3. The first-order chi connectivity index (χ1) is 17.6. The number of aliphatic hydroxyl groups excluding tert-OH is 1. The van der Waals surface area contributed by atoms with Crippen LogP contribution in [-0.2, 0) is 27.5 Å². The van der Waals surface area contributed by atoms with Crippen LogP contribution in [0, 0.1) is 0 Å². The fourth-order valence-electron chi connectivity index (χ4n) is 4.63. The summed E-state index contributed by atoms with van der Waals surface area (Å²) >= 11 is 0. The Labute approximate surface area is 212 Å². The van der Waals surface area contributed by atoms with E-state index in [9.17, 15) is 14.7 Å². The summed E-state index contributed by atoms with van der Waals surface area (Å²) < 4.78 is 0. The van der Waals surface area contributed by atoms with Gasteiger partial charge in [-0.2, -0.15) is 0 Å². The van der Waals surface area contributed by atoms with Crippen molar-refractivity contribution in [1.82, 2.24) is 9.96 Å². The Kier molecular flexibility index (Phi) is 9.21. The monoisotopic (exact) mass is 487 g/mol. The zero-order valence-electron chi connectivity index (χ0n) is 20.3. The molecule has 1 fully saturated rings. The van der Waals surface area contributed by atoms with Crippen molar-refractivity contribution in [2.24, 2.45) is 0 Å². The summed E-state index contributed by atoms with van der Waals surface area (Å²) in [6, 6.07) is 27.7. The van der Waals surface area contributed by atoms with Crippen molar-refractivity contribution in [2.75, 3.05) is 18.4 Å². The molecule has 2 amide bonds. The Hall–Kier alpha value is -3.52. The maximum Gasteiger partial charge on any atom is 0.241 e. The molecule has 0 spiro atoms. The highest BCUT2D eigenvalue weighted by Crippen LogP contribution is 2.22. The fourth-order valence-corrected chi connectivity index (χ4v) is 4.63. The molecule has 0 aromatic heterocycles. The predicted octanol–water partition coefficient (Wildman–Crippen LogP) is 3.65. The smallest absolute Gasteiger partial charge is 0.241 e. The third kappa shape index (κ3) is 7.01. The van der Waals surface area contributed by atoms with Gasteiger partial charge in [0.2, 0.25) is 12.3 Å². The molecule has 3 aromatic rings. The molecule has 36 heavy (non-hydrogen) atoms. The van der Waals surface area contributed by atoms with Crippen LogP contribution in [0.5, 0.6) is 0 Å². The number of nitrogens with zero attached hydrogens (tertiary/aromatic N) is 2. The van der Waals surface area contributed by atoms with Gasteiger partial charge in [-0.3, -0.25) is 19.3 Å². The Morgan fingerprint density at radius 2 is 1.61 bits per heavy atom. The van der Waals surface area contributed by atoms with E-state index >= 15 is 0 Å². The summed E-state index contributed by atoms with van der Waals surface area (Å²) in [4.78, 5) is 32.9. The number of hydrogen-bond acceptors (Lipinski definition) is 5. The maximum atomic E-state index is 13.0. The van der Waals surface area contributed by atoms with E-state index in [-0.39, 0.29) is 25.1 Å². The highest BCUT2D eigenvalue weighted by molar-refractivity contribution is 5.95. The van der Waals surface area contributed by atoms with Crippen LogP contribution < -0.4 is 5.32 Å². The summed E-state index contributed by atoms with van der Waals surface area (Å²) in [6.45, 7) is 1.17. The zero-order chi connectivity index (χ0) is 25.2. The number of para-hydroxylation sites is 1. The molecule has 1 heterocycles. The van der Waals surface area contributed by atoms with Gasteiger partial charge in [-0.15, -0.1) is 0 Å². The minimum atomic E-state index is -0.920. The molecule has 2 N–H and O–H groups in total. The average Bonchev–Trinajstić information content (AvgIpc) is 3.38. The molecule has 7 heteroatoms. The second kappa shape index (κ2) is 13.0. The van der Waals surface area contributed by atoms with E-state index < -0.39 is 12.1 Å². The average molecular weight is 488 g/mol. The first-order valence-electron chi connectivity index (χ1n) is 12.4. The van der Waals surface area contributed by atoms with E-state index in [1.54, 1.807) is 0 Å². The molecule has 7 nitrogen and oxygen atoms in total. The molecule has 3 atom stereocenters. The van der Waals surface area contributed by atoms with Crippen LogP contribution in [0.4, 0.5) is 5.69 Å². The highest BCUT2D eigenvalue weighted by atomic mass is 16.7. The highest BCUT2D eigenvalue weighted by Gasteiger charge is 2.35. The number of carbonyl (C=O) groups excluding carboxylic acids is 2. The number of rotatable bonds is 12. The summed E-state index contributed by atoms with van der Waals surface area (Å²) in [5.74, 6) is -0.0851. The second-order valence-electron chi connectivity index (χ2n) is 9.06. The van der Waals surface area contributed by atoms with Crippen LogP contribution >= 0.6 is 0 Å². The molecule has 3 aromatic carbocycles. The van der Waals surface area contributed by atoms with Gasteiger partial charge in [0.25, 0.3) is 0 Å². The standard InChI is InChI=1S/C29H33N3O4/c33-22-32(36-21-24-13-6-2-7-14-24)27(19-23-11-4-1-5-12-23)28(34)20-31-18-10-17-26(31)29(35)30-25-15-8-3-9-16-25/h1-9,11-16,22,26-28,34H,10,17-21H2,(H,30,35)/t26-,27?,28?/m0/s1. The number of likely N-dealkylation sites (tertiary alicyclic amines) is 1. The van der Waals surface area contributed by atoms with Crippen molar-refractivity contribution >= 4 is 18.0 Å². The Morgan fingerprint density at radius 3 is 2.25 bits per heavy atom. The summed E-state index contributed by atoms with van der Waals surface area (Å²) in [5.41, 5.74) is 2.66. The lowest BCUT2D eigenvalue weighted by molar-refractivity contribution is -0.205. The largest absolute Gasteiger partial charge is 0.390 e. The van der Waals surface area contributed by atoms with Gasteiger partial charge in [0.1, 0.15) is 6.61 Å². The van der Waals surface area contributed by atoms with Gasteiger partial charge in [0.05, 0.1) is 18.2 Å². The van der Waals surface area contributed by atoms with Gasteiger partial charge >= 0.3 is 0 Å². The molecule has 0 bridgehead atoms. The molecule has 0 saturated carbocycles. The van der Waals surface area contributed by atoms with E-state index in [1.807, 2.05) is 95.9 Å². The van der Waals surface area contributed by atoms with E-state index in [2.05, 4.69) is 5.32 Å². The first-order valence-corrected chi connectivity index (χ1v) is 12.4. The molecule has 0 radical (unpaired) electrons. The fraction of sp³-hybridized carbons (Fsp3) is 0.310. The number of anilines is 1. The zero-order valence-corrected chi connectivity index (χ0v) is 20.3. The van der Waals surface area contributed by atoms with Gasteiger partial charge in [-0.1, -0.05) is 78.9 Å². The number of hydroxylamine groups is 2. The van der Waals surface area contributed by atoms with Crippen molar-refractivity contribution < 1.29 is 19.5 Å². The molecule has 1 aliphatic rings. The molecule has 2 unspecified atom stereocenters. The summed E-state index contributed by atoms with van der Waals surface area (Å²) in [7, 11) is 0. The van der Waals surface area contributed by atoms with Crippen LogP contribution in [0.25, 0.3) is 0 Å². The second-order valence-corrected chi connectivity index (χ2v) is 9.06. The van der Waals surface area contributed by atoms with Crippen molar-refractivity contribution in [3.8, 4) is 0 Å². The minimum absolute atomic E-state index is 0.0851. The molecule has 188 valence electrons. The number of benzene rings is 3. The van der Waals surface area contributed by atoms with Gasteiger partial charge in [-0.25, -0.2) is 5.06 Å². The van der Waals surface area contributed by atoms with E-state index in [1.165, 1.54) is 5.06 Å². The molecule has 1 saturated heterocycles. The van der Waals surface area contributed by atoms with Crippen molar-refractivity contribution in [1.29, 1.82) is 0 Å². The number of nitrogens with one attached hydrogen (secondary N) is 1. The lowest BCUT2D eigenvalue weighted by atomic mass is 10.0. The Morgan fingerprint density at radius 1 is 1.00 bits per heavy atom. The topological polar surface area (TPSA) is 82.1 Å². The van der Waals surface area contributed by atoms with Crippen LogP contribution in [0.1, 0.15) is 24.0 Å². The molecular formula is C29H33N3O4. The predicted molar refractivity (Wildman–Crippen MR) is 139 cm³/mol. The number of β-amino-alcohol motifs (C(OH)–C–C–N with tert-alkyl or cyclic N) is 1. The number of amides is 2. The third-order valence-electron chi connectivity index (χ3n) is 6.51. The van der Waals surface area contributed by atoms with E-state index in [0.717, 1.165) is 29.7 Å². The summed E-state index contributed by atoms with van der Waals surface area (Å²) in [6.07, 6.45) is 1.71. The Bertz CT molecular complexity index is 1080. The van der Waals surface area contributed by atoms with E-state index in [0.29, 0.717) is 19.4 Å². The van der Waals surface area contributed by atoms with Crippen molar-refractivity contribution in [3.63, 3.8) is 0 Å². The lowest BCUT2D eigenvalue weighted by Crippen LogP contribution is -2.51. The quantitative estimate of drug-likeness (QED) is 0.301. The minimum Gasteiger partial charge on any atom is -0.390 e. The van der Waals surface area contributed by atoms with Crippen LogP contribution in [0.3, 0.4) is 0 Å². The van der Waals surface area contributed by atoms with Crippen molar-refractivity contribution in [3.05, 3.63) is 102 Å². The summed E-state index contributed by atoms with van der Waals surface area (Å²) in [5, 5.41) is 15.6. The third-order valence-corrected chi connectivity index (χ3v) is 6.51. The van der Waals surface area contributed by atoms with Crippen LogP contribution in [-0.4, -0.2) is 58.7 Å². The first kappa shape index (κ1) is 25.6. The van der Waals surface area contributed by atoms with Crippen molar-refractivity contribution in [2.45, 2.75) is 44.1 Å².